The number of hydrogen-bond donors (Lipinski definition) is 1. The zero-order valence-corrected chi connectivity index (χ0v) is 11.8. The van der Waals surface area contributed by atoms with Crippen molar-refractivity contribution in [2.24, 2.45) is 0 Å². The Kier molecular flexibility index (Phi) is 4.66. The van der Waals surface area contributed by atoms with E-state index in [2.05, 4.69) is 11.4 Å². The van der Waals surface area contributed by atoms with Gasteiger partial charge in [0.05, 0.1) is 15.0 Å². The van der Waals surface area contributed by atoms with Crippen molar-refractivity contribution in [3.05, 3.63) is 43.9 Å². The second-order valence-corrected chi connectivity index (χ2v) is 5.29. The van der Waals surface area contributed by atoms with Crippen molar-refractivity contribution in [1.82, 2.24) is 0 Å². The number of anilines is 1. The lowest BCUT2D eigenvalue weighted by Crippen LogP contribution is -2.05. The summed E-state index contributed by atoms with van der Waals surface area (Å²) in [6, 6.07) is 2.78. The highest BCUT2D eigenvalue weighted by Gasteiger charge is 2.16. The van der Waals surface area contributed by atoms with Crippen molar-refractivity contribution in [1.29, 1.82) is 0 Å². The van der Waals surface area contributed by atoms with Crippen LogP contribution in [0.15, 0.2) is 23.8 Å². The Hall–Kier alpha value is -1.26. The van der Waals surface area contributed by atoms with E-state index in [-0.39, 0.29) is 10.7 Å². The third-order valence-corrected chi connectivity index (χ3v) is 3.85. The number of hydrogen-bond acceptors (Lipinski definition) is 3. The quantitative estimate of drug-likeness (QED) is 0.482. The first kappa shape index (κ1) is 14.2. The maximum absolute atomic E-state index is 11.0. The molecular weight excluding hydrogens is 287 g/mol. The second kappa shape index (κ2) is 6.26. The first-order valence-electron chi connectivity index (χ1n) is 6.13. The van der Waals surface area contributed by atoms with E-state index in [1.807, 2.05) is 0 Å². The van der Waals surface area contributed by atoms with Gasteiger partial charge in [0.15, 0.2) is 0 Å². The minimum atomic E-state index is -0.459. The Morgan fingerprint density at radius 2 is 2.05 bits per heavy atom. The van der Waals surface area contributed by atoms with E-state index >= 15 is 0 Å². The van der Waals surface area contributed by atoms with Crippen molar-refractivity contribution in [2.75, 3.05) is 11.9 Å². The Morgan fingerprint density at radius 1 is 1.32 bits per heavy atom. The third kappa shape index (κ3) is 3.61. The van der Waals surface area contributed by atoms with Crippen molar-refractivity contribution in [3.63, 3.8) is 0 Å². The van der Waals surface area contributed by atoms with Gasteiger partial charge < -0.3 is 5.32 Å². The molecule has 102 valence electrons. The summed E-state index contributed by atoms with van der Waals surface area (Å²) in [5.74, 6) is 0. The molecule has 0 radical (unpaired) electrons. The van der Waals surface area contributed by atoms with Crippen LogP contribution >= 0.6 is 23.2 Å². The molecule has 0 heterocycles. The van der Waals surface area contributed by atoms with Gasteiger partial charge in [-0.05, 0) is 31.7 Å². The molecule has 0 aromatic heterocycles. The van der Waals surface area contributed by atoms with Crippen LogP contribution in [-0.2, 0) is 0 Å². The molecule has 0 saturated heterocycles. The fourth-order valence-electron chi connectivity index (χ4n) is 2.15. The highest BCUT2D eigenvalue weighted by atomic mass is 35.5. The van der Waals surface area contributed by atoms with Gasteiger partial charge in [-0.2, -0.15) is 0 Å². The lowest BCUT2D eigenvalue weighted by Gasteiger charge is -2.09. The molecule has 19 heavy (non-hydrogen) atoms. The largest absolute Gasteiger partial charge is 0.379 e. The fraction of sp³-hybridized carbons (Fsp3) is 0.385. The molecular formula is C13H14Cl2N2O2. The summed E-state index contributed by atoms with van der Waals surface area (Å²) in [5.41, 5.74) is 1.78. The second-order valence-electron chi connectivity index (χ2n) is 4.47. The molecule has 2 rings (SSSR count). The van der Waals surface area contributed by atoms with Crippen molar-refractivity contribution in [3.8, 4) is 0 Å². The van der Waals surface area contributed by atoms with Crippen molar-refractivity contribution < 1.29 is 4.92 Å². The molecule has 0 saturated carbocycles. The van der Waals surface area contributed by atoms with Crippen LogP contribution in [0.1, 0.15) is 25.7 Å². The average molecular weight is 301 g/mol. The Morgan fingerprint density at radius 3 is 2.68 bits per heavy atom. The first-order chi connectivity index (χ1) is 9.08. The third-order valence-electron chi connectivity index (χ3n) is 3.13. The zero-order chi connectivity index (χ0) is 13.8. The lowest BCUT2D eigenvalue weighted by atomic mass is 10.1. The molecule has 0 unspecified atom stereocenters. The van der Waals surface area contributed by atoms with E-state index in [1.54, 1.807) is 0 Å². The van der Waals surface area contributed by atoms with Crippen LogP contribution in [0.2, 0.25) is 10.0 Å². The van der Waals surface area contributed by atoms with E-state index < -0.39 is 4.92 Å². The summed E-state index contributed by atoms with van der Waals surface area (Å²) in [4.78, 5) is 10.5. The highest BCUT2D eigenvalue weighted by molar-refractivity contribution is 6.42. The average Bonchev–Trinajstić information content (AvgIpc) is 2.86. The van der Waals surface area contributed by atoms with E-state index in [4.69, 9.17) is 23.2 Å². The van der Waals surface area contributed by atoms with E-state index in [0.29, 0.717) is 17.3 Å². The van der Waals surface area contributed by atoms with Crippen molar-refractivity contribution >= 4 is 34.6 Å². The van der Waals surface area contributed by atoms with Crippen LogP contribution in [0.5, 0.6) is 0 Å². The minimum Gasteiger partial charge on any atom is -0.379 e. The van der Waals surface area contributed by atoms with Gasteiger partial charge in [0.2, 0.25) is 0 Å². The maximum Gasteiger partial charge on any atom is 0.293 e. The molecule has 4 nitrogen and oxygen atoms in total. The summed E-state index contributed by atoms with van der Waals surface area (Å²) in [5, 5.41) is 14.5. The normalized spacial score (nSPS) is 14.3. The van der Waals surface area contributed by atoms with Gasteiger partial charge >= 0.3 is 0 Å². The predicted octanol–water partition coefficient (Wildman–Crippen LogP) is 4.81. The van der Waals surface area contributed by atoms with Gasteiger partial charge in [-0.3, -0.25) is 10.1 Å². The molecule has 1 aliphatic rings. The smallest absolute Gasteiger partial charge is 0.293 e. The number of nitrogens with one attached hydrogen (secondary N) is 1. The minimum absolute atomic E-state index is 0.0465. The molecule has 0 aliphatic heterocycles. The van der Waals surface area contributed by atoms with Crippen LogP contribution in [0, 0.1) is 10.1 Å². The molecule has 1 aliphatic carbocycles. The standard InChI is InChI=1S/C13H14Cl2N2O2/c14-10-7-12(13(17(18)19)8-11(10)15)16-6-5-9-3-1-2-4-9/h3,7-8,16H,1-2,4-6H2. The van der Waals surface area contributed by atoms with Crippen LogP contribution in [-0.4, -0.2) is 11.5 Å². The number of halogens is 2. The number of rotatable bonds is 5. The summed E-state index contributed by atoms with van der Waals surface area (Å²) < 4.78 is 0. The number of allylic oxidation sites excluding steroid dienone is 1. The molecule has 1 N–H and O–H groups in total. The van der Waals surface area contributed by atoms with Gasteiger partial charge in [-0.25, -0.2) is 0 Å². The lowest BCUT2D eigenvalue weighted by molar-refractivity contribution is -0.383. The summed E-state index contributed by atoms with van der Waals surface area (Å²) >= 11 is 11.7. The number of nitrogens with zero attached hydrogens (tertiary/aromatic N) is 1. The Bertz CT molecular complexity index is 530. The van der Waals surface area contributed by atoms with Crippen LogP contribution < -0.4 is 5.32 Å². The SMILES string of the molecule is O=[N+]([O-])c1cc(Cl)c(Cl)cc1NCCC1=CCCC1. The fourth-order valence-corrected chi connectivity index (χ4v) is 2.47. The molecule has 0 amide bonds. The number of nitro groups is 1. The molecule has 0 bridgehead atoms. The number of benzene rings is 1. The molecule has 1 aromatic carbocycles. The van der Waals surface area contributed by atoms with E-state index in [9.17, 15) is 10.1 Å². The van der Waals surface area contributed by atoms with Gasteiger partial charge in [0.25, 0.3) is 5.69 Å². The molecule has 0 fully saturated rings. The maximum atomic E-state index is 11.0. The Balaban J connectivity index is 2.05. The number of nitro benzene ring substituents is 1. The van der Waals surface area contributed by atoms with Crippen LogP contribution in [0.3, 0.4) is 0 Å². The summed E-state index contributed by atoms with van der Waals surface area (Å²) in [6.07, 6.45) is 6.62. The first-order valence-corrected chi connectivity index (χ1v) is 6.88. The summed E-state index contributed by atoms with van der Waals surface area (Å²) in [6.45, 7) is 0.657. The zero-order valence-electron chi connectivity index (χ0n) is 10.3. The van der Waals surface area contributed by atoms with Crippen molar-refractivity contribution in [2.45, 2.75) is 25.7 Å². The molecule has 6 heteroatoms. The van der Waals surface area contributed by atoms with Gasteiger partial charge in [0, 0.05) is 12.6 Å². The van der Waals surface area contributed by atoms with Gasteiger partial charge in [0.1, 0.15) is 5.69 Å². The monoisotopic (exact) mass is 300 g/mol. The van der Waals surface area contributed by atoms with E-state index in [1.165, 1.54) is 24.1 Å². The molecule has 0 spiro atoms. The topological polar surface area (TPSA) is 55.2 Å². The summed E-state index contributed by atoms with van der Waals surface area (Å²) in [7, 11) is 0. The van der Waals surface area contributed by atoms with Crippen LogP contribution in [0.4, 0.5) is 11.4 Å². The van der Waals surface area contributed by atoms with Gasteiger partial charge in [-0.1, -0.05) is 34.9 Å². The van der Waals surface area contributed by atoms with Gasteiger partial charge in [-0.15, -0.1) is 0 Å². The molecule has 1 aromatic rings. The Labute approximate surface area is 121 Å². The highest BCUT2D eigenvalue weighted by Crippen LogP contribution is 2.34. The molecule has 0 atom stereocenters. The predicted molar refractivity (Wildman–Crippen MR) is 78.2 cm³/mol. The van der Waals surface area contributed by atoms with E-state index in [0.717, 1.165) is 19.3 Å². The van der Waals surface area contributed by atoms with Crippen LogP contribution in [0.25, 0.3) is 0 Å².